The molecule has 2 rings (SSSR count). The summed E-state index contributed by atoms with van der Waals surface area (Å²) in [6.45, 7) is 0. The number of aromatic carboxylic acids is 1. The Morgan fingerprint density at radius 1 is 1.67 bits per heavy atom. The van der Waals surface area contributed by atoms with Gasteiger partial charge in [-0.3, -0.25) is 4.40 Å². The van der Waals surface area contributed by atoms with E-state index < -0.39 is 5.97 Å². The van der Waals surface area contributed by atoms with Crippen LogP contribution in [0, 0.1) is 0 Å². The molecule has 0 bridgehead atoms. The van der Waals surface area contributed by atoms with Gasteiger partial charge in [0.15, 0.2) is 4.96 Å². The molecule has 0 unspecified atom stereocenters. The second kappa shape index (κ2) is 2.46. The third-order valence-corrected chi connectivity index (χ3v) is 2.50. The highest BCUT2D eigenvalue weighted by Gasteiger charge is 2.09. The standard InChI is InChI=1S/C6H3ClN2O2S/c7-4-2-9-1-3(5(10)11)12-6(9)8-4/h1-2H,(H,10,11). The first-order valence-electron chi connectivity index (χ1n) is 3.04. The summed E-state index contributed by atoms with van der Waals surface area (Å²) in [4.78, 5) is 15.2. The molecule has 2 aromatic heterocycles. The summed E-state index contributed by atoms with van der Waals surface area (Å²) < 4.78 is 1.59. The van der Waals surface area contributed by atoms with Crippen molar-refractivity contribution in [2.75, 3.05) is 0 Å². The molecule has 0 saturated heterocycles. The van der Waals surface area contributed by atoms with Crippen LogP contribution < -0.4 is 0 Å². The minimum Gasteiger partial charge on any atom is -0.477 e. The van der Waals surface area contributed by atoms with Crippen molar-refractivity contribution in [3.05, 3.63) is 22.4 Å². The van der Waals surface area contributed by atoms with Gasteiger partial charge in [0.05, 0.1) is 0 Å². The van der Waals surface area contributed by atoms with Crippen molar-refractivity contribution in [1.29, 1.82) is 0 Å². The summed E-state index contributed by atoms with van der Waals surface area (Å²) in [7, 11) is 0. The third kappa shape index (κ3) is 1.07. The number of nitrogens with zero attached hydrogens (tertiary/aromatic N) is 2. The number of rotatable bonds is 1. The molecule has 0 aliphatic carbocycles. The van der Waals surface area contributed by atoms with E-state index in [9.17, 15) is 4.79 Å². The molecule has 0 aliphatic heterocycles. The zero-order valence-corrected chi connectivity index (χ0v) is 7.26. The Hall–Kier alpha value is -1.07. The van der Waals surface area contributed by atoms with Crippen LogP contribution in [-0.2, 0) is 0 Å². The van der Waals surface area contributed by atoms with E-state index >= 15 is 0 Å². The molecule has 2 aromatic rings. The van der Waals surface area contributed by atoms with E-state index in [1.807, 2.05) is 0 Å². The zero-order chi connectivity index (χ0) is 8.72. The first-order valence-corrected chi connectivity index (χ1v) is 4.23. The molecule has 6 heteroatoms. The average Bonchev–Trinajstić information content (AvgIpc) is 2.42. The van der Waals surface area contributed by atoms with Crippen molar-refractivity contribution in [3.8, 4) is 0 Å². The van der Waals surface area contributed by atoms with E-state index in [1.165, 1.54) is 6.20 Å². The first kappa shape index (κ1) is 7.57. The van der Waals surface area contributed by atoms with Crippen molar-refractivity contribution in [3.63, 3.8) is 0 Å². The van der Waals surface area contributed by atoms with Crippen molar-refractivity contribution in [1.82, 2.24) is 9.38 Å². The van der Waals surface area contributed by atoms with Crippen LogP contribution in [0.4, 0.5) is 0 Å². The second-order valence-corrected chi connectivity index (χ2v) is 3.55. The van der Waals surface area contributed by atoms with Crippen LogP contribution in [0.15, 0.2) is 12.4 Å². The molecule has 62 valence electrons. The number of carboxylic acid groups (broad SMARTS) is 1. The van der Waals surface area contributed by atoms with Gasteiger partial charge in [-0.25, -0.2) is 9.78 Å². The molecule has 2 heterocycles. The largest absolute Gasteiger partial charge is 0.477 e. The molecule has 0 atom stereocenters. The van der Waals surface area contributed by atoms with Gasteiger partial charge in [0.1, 0.15) is 10.0 Å². The van der Waals surface area contributed by atoms with Crippen LogP contribution in [0.3, 0.4) is 0 Å². The number of imidazole rings is 1. The minimum atomic E-state index is -0.943. The topological polar surface area (TPSA) is 54.6 Å². The van der Waals surface area contributed by atoms with Crippen molar-refractivity contribution < 1.29 is 9.90 Å². The van der Waals surface area contributed by atoms with Crippen molar-refractivity contribution >= 4 is 33.9 Å². The lowest BCUT2D eigenvalue weighted by molar-refractivity contribution is 0.0702. The maximum atomic E-state index is 10.5. The Kier molecular flexibility index (Phi) is 1.55. The lowest BCUT2D eigenvalue weighted by atomic mass is 10.6. The van der Waals surface area contributed by atoms with Gasteiger partial charge in [-0.15, -0.1) is 0 Å². The highest BCUT2D eigenvalue weighted by molar-refractivity contribution is 7.18. The van der Waals surface area contributed by atoms with Gasteiger partial charge >= 0.3 is 5.97 Å². The number of carbonyl (C=O) groups is 1. The summed E-state index contributed by atoms with van der Waals surface area (Å²) in [5.41, 5.74) is 0. The lowest BCUT2D eigenvalue weighted by Crippen LogP contribution is -1.90. The van der Waals surface area contributed by atoms with Crippen LogP contribution in [-0.4, -0.2) is 20.5 Å². The molecule has 0 amide bonds. The molecular formula is C6H3ClN2O2S. The summed E-state index contributed by atoms with van der Waals surface area (Å²) in [6, 6.07) is 0. The Labute approximate surface area is 76.0 Å². The fourth-order valence-electron chi connectivity index (χ4n) is 0.866. The third-order valence-electron chi connectivity index (χ3n) is 1.34. The van der Waals surface area contributed by atoms with Gasteiger partial charge in [0.25, 0.3) is 0 Å². The van der Waals surface area contributed by atoms with E-state index in [2.05, 4.69) is 4.98 Å². The normalized spacial score (nSPS) is 10.8. The first-order chi connectivity index (χ1) is 5.66. The smallest absolute Gasteiger partial charge is 0.347 e. The Morgan fingerprint density at radius 3 is 3.00 bits per heavy atom. The Bertz CT molecular complexity index is 416. The number of thiazole rings is 1. The van der Waals surface area contributed by atoms with Gasteiger partial charge in [-0.05, 0) is 0 Å². The van der Waals surface area contributed by atoms with E-state index in [0.29, 0.717) is 10.1 Å². The minimum absolute atomic E-state index is 0.258. The molecule has 0 fully saturated rings. The maximum Gasteiger partial charge on any atom is 0.347 e. The number of fused-ring (bicyclic) bond motifs is 1. The van der Waals surface area contributed by atoms with Crippen LogP contribution >= 0.6 is 22.9 Å². The predicted molar refractivity (Wildman–Crippen MR) is 45.0 cm³/mol. The number of aromatic nitrogens is 2. The SMILES string of the molecule is O=C(O)c1cn2cc(Cl)nc2s1. The molecule has 1 N–H and O–H groups in total. The number of hydrogen-bond acceptors (Lipinski definition) is 3. The molecule has 0 aromatic carbocycles. The highest BCUT2D eigenvalue weighted by Crippen LogP contribution is 2.19. The zero-order valence-electron chi connectivity index (χ0n) is 5.69. The number of carboxylic acids is 1. The molecule has 0 aliphatic rings. The van der Waals surface area contributed by atoms with E-state index in [4.69, 9.17) is 16.7 Å². The van der Waals surface area contributed by atoms with E-state index in [-0.39, 0.29) is 4.88 Å². The van der Waals surface area contributed by atoms with Gasteiger partial charge < -0.3 is 5.11 Å². The Balaban J connectivity index is 2.64. The van der Waals surface area contributed by atoms with Crippen LogP contribution in [0.1, 0.15) is 9.67 Å². The Morgan fingerprint density at radius 2 is 2.42 bits per heavy atom. The monoisotopic (exact) mass is 202 g/mol. The highest BCUT2D eigenvalue weighted by atomic mass is 35.5. The number of hydrogen-bond donors (Lipinski definition) is 1. The molecule has 0 spiro atoms. The maximum absolute atomic E-state index is 10.5. The molecule has 4 nitrogen and oxygen atoms in total. The molecule has 0 saturated carbocycles. The molecule has 0 radical (unpaired) electrons. The summed E-state index contributed by atoms with van der Waals surface area (Å²) in [5.74, 6) is -0.943. The van der Waals surface area contributed by atoms with Gasteiger partial charge in [0.2, 0.25) is 0 Å². The second-order valence-electron chi connectivity index (χ2n) is 2.15. The van der Waals surface area contributed by atoms with Gasteiger partial charge in [-0.1, -0.05) is 22.9 Å². The van der Waals surface area contributed by atoms with Crippen LogP contribution in [0.2, 0.25) is 5.15 Å². The van der Waals surface area contributed by atoms with Crippen LogP contribution in [0.25, 0.3) is 4.96 Å². The number of halogens is 1. The van der Waals surface area contributed by atoms with Crippen LogP contribution in [0.5, 0.6) is 0 Å². The summed E-state index contributed by atoms with van der Waals surface area (Å²) in [5, 5.41) is 8.98. The van der Waals surface area contributed by atoms with Gasteiger partial charge in [0, 0.05) is 12.4 Å². The van der Waals surface area contributed by atoms with E-state index in [0.717, 1.165) is 11.3 Å². The summed E-state index contributed by atoms with van der Waals surface area (Å²) >= 11 is 6.68. The fourth-order valence-corrected chi connectivity index (χ4v) is 1.91. The predicted octanol–water partition coefficient (Wildman–Crippen LogP) is 1.75. The quantitative estimate of drug-likeness (QED) is 0.767. The molecule has 12 heavy (non-hydrogen) atoms. The van der Waals surface area contributed by atoms with Crippen molar-refractivity contribution in [2.24, 2.45) is 0 Å². The molecular weight excluding hydrogens is 200 g/mol. The lowest BCUT2D eigenvalue weighted by Gasteiger charge is -1.80. The fraction of sp³-hybridized carbons (Fsp3) is 0. The van der Waals surface area contributed by atoms with Crippen molar-refractivity contribution in [2.45, 2.75) is 0 Å². The van der Waals surface area contributed by atoms with E-state index in [1.54, 1.807) is 10.6 Å². The average molecular weight is 203 g/mol. The van der Waals surface area contributed by atoms with Gasteiger partial charge in [-0.2, -0.15) is 0 Å². The summed E-state index contributed by atoms with van der Waals surface area (Å²) in [6.07, 6.45) is 3.06.